The molecule has 0 saturated heterocycles. The highest BCUT2D eigenvalue weighted by atomic mass is 16.5. The fourth-order valence-corrected chi connectivity index (χ4v) is 2.90. The molecule has 3 aromatic rings. The van der Waals surface area contributed by atoms with Gasteiger partial charge < -0.3 is 19.7 Å². The highest BCUT2D eigenvalue weighted by Gasteiger charge is 2.14. The van der Waals surface area contributed by atoms with Gasteiger partial charge in [0, 0.05) is 31.4 Å². The van der Waals surface area contributed by atoms with Crippen LogP contribution in [0.2, 0.25) is 0 Å². The molecule has 0 aliphatic rings. The zero-order valence-corrected chi connectivity index (χ0v) is 16.7. The Balaban J connectivity index is 1.54. The van der Waals surface area contributed by atoms with Crippen molar-refractivity contribution < 1.29 is 14.3 Å². The van der Waals surface area contributed by atoms with E-state index in [4.69, 9.17) is 9.47 Å². The van der Waals surface area contributed by atoms with Crippen molar-refractivity contribution in [2.24, 2.45) is 0 Å². The summed E-state index contributed by atoms with van der Waals surface area (Å²) >= 11 is 0. The first-order valence-corrected chi connectivity index (χ1v) is 9.44. The standard InChI is InChI=1S/C23H25N3O3/c1-26(17-18-9-6-7-13-21(18)28-2)16-15-24-22(27)20-12-8-14-25-23(20)29-19-10-4-3-5-11-19/h3-14H,15-17H2,1-2H3,(H,24,27). The molecule has 6 nitrogen and oxygen atoms in total. The molecule has 29 heavy (non-hydrogen) atoms. The van der Waals surface area contributed by atoms with Crippen LogP contribution in [0.1, 0.15) is 15.9 Å². The molecule has 2 aromatic carbocycles. The summed E-state index contributed by atoms with van der Waals surface area (Å²) in [5.41, 5.74) is 1.51. The van der Waals surface area contributed by atoms with Crippen molar-refractivity contribution in [3.8, 4) is 17.4 Å². The first kappa shape index (κ1) is 20.4. The van der Waals surface area contributed by atoms with Gasteiger partial charge in [0.05, 0.1) is 7.11 Å². The van der Waals surface area contributed by atoms with Crippen LogP contribution < -0.4 is 14.8 Å². The number of likely N-dealkylation sites (N-methyl/N-ethyl adjacent to an activating group) is 1. The number of benzene rings is 2. The molecule has 0 aliphatic heterocycles. The Labute approximate surface area is 171 Å². The lowest BCUT2D eigenvalue weighted by molar-refractivity contribution is 0.0946. The second-order valence-corrected chi connectivity index (χ2v) is 6.58. The van der Waals surface area contributed by atoms with Crippen LogP contribution in [-0.2, 0) is 6.54 Å². The Morgan fingerprint density at radius 3 is 2.59 bits per heavy atom. The summed E-state index contributed by atoms with van der Waals surface area (Å²) in [6.07, 6.45) is 1.61. The molecule has 0 bridgehead atoms. The number of nitrogens with one attached hydrogen (secondary N) is 1. The first-order chi connectivity index (χ1) is 14.2. The predicted octanol–water partition coefficient (Wildman–Crippen LogP) is 3.74. The van der Waals surface area contributed by atoms with Crippen LogP contribution >= 0.6 is 0 Å². The topological polar surface area (TPSA) is 63.7 Å². The number of hydrogen-bond acceptors (Lipinski definition) is 5. The minimum absolute atomic E-state index is 0.213. The lowest BCUT2D eigenvalue weighted by Gasteiger charge is -2.18. The van der Waals surface area contributed by atoms with Gasteiger partial charge in [0.25, 0.3) is 5.91 Å². The zero-order valence-electron chi connectivity index (χ0n) is 16.7. The summed E-state index contributed by atoms with van der Waals surface area (Å²) in [5, 5.41) is 2.94. The molecule has 0 saturated carbocycles. The molecular formula is C23H25N3O3. The number of amides is 1. The number of nitrogens with zero attached hydrogens (tertiary/aromatic N) is 2. The maximum atomic E-state index is 12.6. The van der Waals surface area contributed by atoms with Crippen molar-refractivity contribution in [2.45, 2.75) is 6.54 Å². The van der Waals surface area contributed by atoms with E-state index in [1.54, 1.807) is 25.4 Å². The third-order valence-corrected chi connectivity index (χ3v) is 4.39. The lowest BCUT2D eigenvalue weighted by Crippen LogP contribution is -2.33. The van der Waals surface area contributed by atoms with E-state index in [0.717, 1.165) is 17.9 Å². The molecule has 1 amide bonds. The molecule has 0 atom stereocenters. The highest BCUT2D eigenvalue weighted by Crippen LogP contribution is 2.22. The molecule has 1 aromatic heterocycles. The SMILES string of the molecule is COc1ccccc1CN(C)CCNC(=O)c1cccnc1Oc1ccccc1. The van der Waals surface area contributed by atoms with Crippen molar-refractivity contribution in [1.29, 1.82) is 0 Å². The van der Waals surface area contributed by atoms with Gasteiger partial charge in [-0.3, -0.25) is 4.79 Å². The van der Waals surface area contributed by atoms with Crippen molar-refractivity contribution >= 4 is 5.91 Å². The van der Waals surface area contributed by atoms with E-state index in [9.17, 15) is 4.79 Å². The molecule has 1 heterocycles. The van der Waals surface area contributed by atoms with Gasteiger partial charge in [0.2, 0.25) is 5.88 Å². The molecule has 1 N–H and O–H groups in total. The van der Waals surface area contributed by atoms with Gasteiger partial charge in [-0.2, -0.15) is 0 Å². The van der Waals surface area contributed by atoms with Gasteiger partial charge in [-0.1, -0.05) is 36.4 Å². The number of rotatable bonds is 9. The Morgan fingerprint density at radius 2 is 1.79 bits per heavy atom. The first-order valence-electron chi connectivity index (χ1n) is 9.44. The second-order valence-electron chi connectivity index (χ2n) is 6.58. The summed E-state index contributed by atoms with van der Waals surface area (Å²) in [7, 11) is 3.68. The number of ether oxygens (including phenoxy) is 2. The Morgan fingerprint density at radius 1 is 1.03 bits per heavy atom. The minimum Gasteiger partial charge on any atom is -0.496 e. The third-order valence-electron chi connectivity index (χ3n) is 4.39. The van der Waals surface area contributed by atoms with Crippen LogP contribution in [0.3, 0.4) is 0 Å². The molecule has 150 valence electrons. The van der Waals surface area contributed by atoms with Crippen LogP contribution in [0.15, 0.2) is 72.9 Å². The number of pyridine rings is 1. The van der Waals surface area contributed by atoms with E-state index < -0.39 is 0 Å². The minimum atomic E-state index is -0.213. The third kappa shape index (κ3) is 5.80. The Kier molecular flexibility index (Phi) is 7.19. The van der Waals surface area contributed by atoms with Gasteiger partial charge in [-0.05, 0) is 37.4 Å². The molecule has 0 radical (unpaired) electrons. The number of hydrogen-bond donors (Lipinski definition) is 1. The normalized spacial score (nSPS) is 10.6. The van der Waals surface area contributed by atoms with Crippen LogP contribution in [0.5, 0.6) is 17.4 Å². The number of para-hydroxylation sites is 2. The maximum Gasteiger partial charge on any atom is 0.256 e. The van der Waals surface area contributed by atoms with Crippen LogP contribution in [0.4, 0.5) is 0 Å². The number of methoxy groups -OCH3 is 1. The summed E-state index contributed by atoms with van der Waals surface area (Å²) in [6, 6.07) is 20.6. The predicted molar refractivity (Wildman–Crippen MR) is 112 cm³/mol. The molecule has 3 rings (SSSR count). The van der Waals surface area contributed by atoms with E-state index in [1.807, 2.05) is 61.6 Å². The Hall–Kier alpha value is -3.38. The molecule has 0 aliphatic carbocycles. The molecular weight excluding hydrogens is 366 g/mol. The fourth-order valence-electron chi connectivity index (χ4n) is 2.90. The molecule has 0 spiro atoms. The summed E-state index contributed by atoms with van der Waals surface area (Å²) in [5.74, 6) is 1.58. The van der Waals surface area contributed by atoms with E-state index in [2.05, 4.69) is 15.2 Å². The summed E-state index contributed by atoms with van der Waals surface area (Å²) in [4.78, 5) is 19.0. The van der Waals surface area contributed by atoms with E-state index in [-0.39, 0.29) is 5.91 Å². The lowest BCUT2D eigenvalue weighted by atomic mass is 10.2. The maximum absolute atomic E-state index is 12.6. The monoisotopic (exact) mass is 391 g/mol. The van der Waals surface area contributed by atoms with Crippen molar-refractivity contribution in [1.82, 2.24) is 15.2 Å². The number of aromatic nitrogens is 1. The average molecular weight is 391 g/mol. The second kappa shape index (κ2) is 10.2. The van der Waals surface area contributed by atoms with E-state index >= 15 is 0 Å². The van der Waals surface area contributed by atoms with Gasteiger partial charge in [-0.25, -0.2) is 4.98 Å². The fraction of sp³-hybridized carbons (Fsp3) is 0.217. The van der Waals surface area contributed by atoms with Crippen molar-refractivity contribution in [3.05, 3.63) is 84.1 Å². The molecule has 0 fully saturated rings. The van der Waals surface area contributed by atoms with Gasteiger partial charge >= 0.3 is 0 Å². The average Bonchev–Trinajstić information content (AvgIpc) is 2.75. The summed E-state index contributed by atoms with van der Waals surface area (Å²) in [6.45, 7) is 1.93. The van der Waals surface area contributed by atoms with Crippen LogP contribution in [0, 0.1) is 0 Å². The smallest absolute Gasteiger partial charge is 0.256 e. The highest BCUT2D eigenvalue weighted by molar-refractivity contribution is 5.96. The molecule has 6 heteroatoms. The quantitative estimate of drug-likeness (QED) is 0.602. The Bertz CT molecular complexity index is 931. The van der Waals surface area contributed by atoms with E-state index in [0.29, 0.717) is 30.3 Å². The number of carbonyl (C=O) groups excluding carboxylic acids is 1. The van der Waals surface area contributed by atoms with Crippen LogP contribution in [0.25, 0.3) is 0 Å². The largest absolute Gasteiger partial charge is 0.496 e. The number of carbonyl (C=O) groups is 1. The van der Waals surface area contributed by atoms with Gasteiger partial charge in [0.15, 0.2) is 0 Å². The summed E-state index contributed by atoms with van der Waals surface area (Å²) < 4.78 is 11.2. The zero-order chi connectivity index (χ0) is 20.5. The van der Waals surface area contributed by atoms with Crippen molar-refractivity contribution in [2.75, 3.05) is 27.2 Å². The van der Waals surface area contributed by atoms with Crippen LogP contribution in [-0.4, -0.2) is 43.0 Å². The van der Waals surface area contributed by atoms with E-state index in [1.165, 1.54) is 0 Å². The molecule has 0 unspecified atom stereocenters. The van der Waals surface area contributed by atoms with Crippen molar-refractivity contribution in [3.63, 3.8) is 0 Å². The van der Waals surface area contributed by atoms with Gasteiger partial charge in [-0.15, -0.1) is 0 Å². The van der Waals surface area contributed by atoms with Gasteiger partial charge in [0.1, 0.15) is 17.1 Å².